The highest BCUT2D eigenvalue weighted by molar-refractivity contribution is 6.03. The molecule has 0 saturated carbocycles. The van der Waals surface area contributed by atoms with Crippen LogP contribution in [0.4, 0.5) is 10.1 Å². The first-order valence-corrected chi connectivity index (χ1v) is 10.2. The van der Waals surface area contributed by atoms with Crippen molar-refractivity contribution in [2.24, 2.45) is 0 Å². The molecule has 1 unspecified atom stereocenters. The van der Waals surface area contributed by atoms with E-state index in [9.17, 15) is 9.18 Å². The van der Waals surface area contributed by atoms with Crippen LogP contribution in [0.2, 0.25) is 0 Å². The van der Waals surface area contributed by atoms with Gasteiger partial charge in [-0.15, -0.1) is 0 Å². The third-order valence-electron chi connectivity index (χ3n) is 6.13. The maximum atomic E-state index is 13.5. The second kappa shape index (κ2) is 7.42. The predicted molar refractivity (Wildman–Crippen MR) is 119 cm³/mol. The Morgan fingerprint density at radius 1 is 0.900 bits per heavy atom. The highest BCUT2D eigenvalue weighted by Gasteiger charge is 2.33. The molecule has 0 aromatic heterocycles. The van der Waals surface area contributed by atoms with Gasteiger partial charge >= 0.3 is 0 Å². The number of fused-ring (bicyclic) bond motifs is 3. The molecule has 0 spiro atoms. The molecule has 1 heterocycles. The van der Waals surface area contributed by atoms with Crippen LogP contribution in [0.15, 0.2) is 84.9 Å². The molecule has 0 bridgehead atoms. The van der Waals surface area contributed by atoms with Crippen LogP contribution >= 0.6 is 0 Å². The first kappa shape index (κ1) is 18.6. The van der Waals surface area contributed by atoms with Crippen LogP contribution in [-0.4, -0.2) is 5.91 Å². The number of anilines is 1. The van der Waals surface area contributed by atoms with Crippen molar-refractivity contribution < 1.29 is 9.18 Å². The number of rotatable bonds is 3. The highest BCUT2D eigenvalue weighted by atomic mass is 19.1. The van der Waals surface area contributed by atoms with Crippen molar-refractivity contribution in [1.29, 1.82) is 0 Å². The molecule has 0 radical (unpaired) electrons. The van der Waals surface area contributed by atoms with Gasteiger partial charge in [-0.1, -0.05) is 66.7 Å². The van der Waals surface area contributed by atoms with Gasteiger partial charge < -0.3 is 4.90 Å². The number of aryl methyl sites for hydroxylation is 1. The zero-order valence-corrected chi connectivity index (χ0v) is 16.8. The summed E-state index contributed by atoms with van der Waals surface area (Å²) >= 11 is 0. The lowest BCUT2D eigenvalue weighted by atomic mass is 9.81. The third kappa shape index (κ3) is 3.17. The van der Waals surface area contributed by atoms with E-state index in [4.69, 9.17) is 0 Å². The van der Waals surface area contributed by atoms with Gasteiger partial charge in [0.15, 0.2) is 0 Å². The minimum atomic E-state index is -0.264. The molecule has 3 heteroatoms. The van der Waals surface area contributed by atoms with E-state index in [-0.39, 0.29) is 17.6 Å². The van der Waals surface area contributed by atoms with Crippen molar-refractivity contribution >= 4 is 22.4 Å². The highest BCUT2D eigenvalue weighted by Crippen LogP contribution is 2.44. The average molecular weight is 395 g/mol. The van der Waals surface area contributed by atoms with Gasteiger partial charge in [0.25, 0.3) is 0 Å². The van der Waals surface area contributed by atoms with Crippen LogP contribution in [0.5, 0.6) is 0 Å². The molecule has 0 aliphatic carbocycles. The fourth-order valence-corrected chi connectivity index (χ4v) is 4.52. The number of benzene rings is 4. The molecule has 4 aromatic carbocycles. The summed E-state index contributed by atoms with van der Waals surface area (Å²) in [6.45, 7) is 2.62. The molecule has 5 rings (SSSR count). The Hall–Kier alpha value is -3.46. The van der Waals surface area contributed by atoms with Crippen LogP contribution < -0.4 is 4.90 Å². The quantitative estimate of drug-likeness (QED) is 0.395. The van der Waals surface area contributed by atoms with Gasteiger partial charge in [0.2, 0.25) is 5.91 Å². The van der Waals surface area contributed by atoms with Crippen molar-refractivity contribution in [3.63, 3.8) is 0 Å². The van der Waals surface area contributed by atoms with E-state index >= 15 is 0 Å². The van der Waals surface area contributed by atoms with Crippen LogP contribution in [0, 0.1) is 12.7 Å². The van der Waals surface area contributed by atoms with Crippen molar-refractivity contribution in [2.75, 3.05) is 4.90 Å². The van der Waals surface area contributed by atoms with Crippen molar-refractivity contribution in [3.05, 3.63) is 113 Å². The summed E-state index contributed by atoms with van der Waals surface area (Å²) in [7, 11) is 0. The lowest BCUT2D eigenvalue weighted by Crippen LogP contribution is -2.36. The summed E-state index contributed by atoms with van der Waals surface area (Å²) in [6.07, 6.45) is 0.374. The molecule has 0 N–H and O–H groups in total. The standard InChI is InChI=1S/C27H22FNO/c1-18-6-2-3-8-21(18)17-29-25-15-12-19-7-4-5-9-23(19)27(25)24(16-26(29)30)20-10-13-22(28)14-11-20/h2-15,24H,16-17H2,1H3. The summed E-state index contributed by atoms with van der Waals surface area (Å²) in [5.41, 5.74) is 5.38. The Morgan fingerprint density at radius 3 is 2.43 bits per heavy atom. The Bertz CT molecular complexity index is 1250. The Balaban J connectivity index is 1.69. The van der Waals surface area contributed by atoms with Gasteiger partial charge in [-0.25, -0.2) is 4.39 Å². The smallest absolute Gasteiger partial charge is 0.228 e. The zero-order valence-electron chi connectivity index (χ0n) is 16.8. The second-order valence-corrected chi connectivity index (χ2v) is 7.93. The molecular formula is C27H22FNO. The predicted octanol–water partition coefficient (Wildman–Crippen LogP) is 6.36. The van der Waals surface area contributed by atoms with Gasteiger partial charge in [-0.05, 0) is 58.1 Å². The van der Waals surface area contributed by atoms with E-state index in [0.29, 0.717) is 13.0 Å². The molecule has 2 nitrogen and oxygen atoms in total. The summed E-state index contributed by atoms with van der Waals surface area (Å²) in [5.74, 6) is -0.261. The fourth-order valence-electron chi connectivity index (χ4n) is 4.52. The lowest BCUT2D eigenvalue weighted by molar-refractivity contribution is -0.119. The largest absolute Gasteiger partial charge is 0.308 e. The number of amides is 1. The summed E-state index contributed by atoms with van der Waals surface area (Å²) in [6, 6.07) is 27.2. The molecule has 1 aliphatic rings. The number of hydrogen-bond acceptors (Lipinski definition) is 1. The molecule has 4 aromatic rings. The van der Waals surface area contributed by atoms with Gasteiger partial charge in [0, 0.05) is 18.0 Å². The van der Waals surface area contributed by atoms with Gasteiger partial charge in [-0.2, -0.15) is 0 Å². The van der Waals surface area contributed by atoms with Gasteiger partial charge in [0.1, 0.15) is 5.82 Å². The first-order chi connectivity index (χ1) is 14.6. The van der Waals surface area contributed by atoms with Crippen LogP contribution in [0.3, 0.4) is 0 Å². The monoisotopic (exact) mass is 395 g/mol. The first-order valence-electron chi connectivity index (χ1n) is 10.2. The van der Waals surface area contributed by atoms with Crippen molar-refractivity contribution in [3.8, 4) is 0 Å². The Morgan fingerprint density at radius 2 is 1.63 bits per heavy atom. The average Bonchev–Trinajstić information content (AvgIpc) is 2.77. The minimum absolute atomic E-state index is 0.0904. The van der Waals surface area contributed by atoms with Crippen molar-refractivity contribution in [2.45, 2.75) is 25.8 Å². The molecule has 1 amide bonds. The molecule has 1 aliphatic heterocycles. The number of hydrogen-bond donors (Lipinski definition) is 0. The number of nitrogens with zero attached hydrogens (tertiary/aromatic N) is 1. The number of carbonyl (C=O) groups excluding carboxylic acids is 1. The van der Waals surface area contributed by atoms with E-state index in [2.05, 4.69) is 43.3 Å². The fraction of sp³-hybridized carbons (Fsp3) is 0.148. The Kier molecular flexibility index (Phi) is 4.59. The van der Waals surface area contributed by atoms with Crippen LogP contribution in [0.1, 0.15) is 34.6 Å². The zero-order chi connectivity index (χ0) is 20.7. The summed E-state index contributed by atoms with van der Waals surface area (Å²) < 4.78 is 13.5. The molecule has 1 atom stereocenters. The summed E-state index contributed by atoms with van der Waals surface area (Å²) in [5, 5.41) is 2.29. The van der Waals surface area contributed by atoms with Crippen LogP contribution in [-0.2, 0) is 11.3 Å². The topological polar surface area (TPSA) is 20.3 Å². The van der Waals surface area contributed by atoms with E-state index in [1.54, 1.807) is 12.1 Å². The van der Waals surface area contributed by atoms with Gasteiger partial charge in [-0.3, -0.25) is 4.79 Å². The van der Waals surface area contributed by atoms with E-state index in [1.165, 1.54) is 17.7 Å². The van der Waals surface area contributed by atoms with E-state index in [0.717, 1.165) is 33.2 Å². The lowest BCUT2D eigenvalue weighted by Gasteiger charge is -2.35. The molecule has 0 fully saturated rings. The third-order valence-corrected chi connectivity index (χ3v) is 6.13. The molecule has 30 heavy (non-hydrogen) atoms. The SMILES string of the molecule is Cc1ccccc1CN1C(=O)CC(c2ccc(F)cc2)c2c1ccc1ccccc21. The van der Waals surface area contributed by atoms with Crippen LogP contribution in [0.25, 0.3) is 10.8 Å². The molecule has 148 valence electrons. The Labute approximate surface area is 175 Å². The van der Waals surface area contributed by atoms with Crippen molar-refractivity contribution in [1.82, 2.24) is 0 Å². The minimum Gasteiger partial charge on any atom is -0.308 e. The second-order valence-electron chi connectivity index (χ2n) is 7.93. The summed E-state index contributed by atoms with van der Waals surface area (Å²) in [4.78, 5) is 15.2. The maximum absolute atomic E-state index is 13.5. The van der Waals surface area contributed by atoms with E-state index in [1.807, 2.05) is 29.2 Å². The number of halogens is 1. The normalized spacial score (nSPS) is 16.0. The van der Waals surface area contributed by atoms with Gasteiger partial charge in [0.05, 0.1) is 6.54 Å². The molecular weight excluding hydrogens is 373 g/mol. The maximum Gasteiger partial charge on any atom is 0.228 e. The van der Waals surface area contributed by atoms with E-state index < -0.39 is 0 Å². The molecule has 0 saturated heterocycles. The number of carbonyl (C=O) groups is 1.